The summed E-state index contributed by atoms with van der Waals surface area (Å²) in [6.07, 6.45) is 0.470. The van der Waals surface area contributed by atoms with E-state index in [1.54, 1.807) is 19.1 Å². The van der Waals surface area contributed by atoms with Crippen LogP contribution in [0.25, 0.3) is 0 Å². The molecule has 34 heavy (non-hydrogen) atoms. The van der Waals surface area contributed by atoms with Crippen LogP contribution in [0.2, 0.25) is 5.02 Å². The van der Waals surface area contributed by atoms with Crippen LogP contribution >= 0.6 is 11.6 Å². The van der Waals surface area contributed by atoms with Crippen LogP contribution in [0.3, 0.4) is 0 Å². The topological polar surface area (TPSA) is 107 Å². The van der Waals surface area contributed by atoms with Crippen molar-refractivity contribution < 1.29 is 18.7 Å². The third-order valence-electron chi connectivity index (χ3n) is 6.31. The Balaban J connectivity index is 1.52. The number of H-pyrrole nitrogens is 1. The maximum absolute atomic E-state index is 14.7. The van der Waals surface area contributed by atoms with E-state index in [-0.39, 0.29) is 42.0 Å². The van der Waals surface area contributed by atoms with E-state index in [9.17, 15) is 18.7 Å². The van der Waals surface area contributed by atoms with E-state index >= 15 is 0 Å². The predicted molar refractivity (Wildman–Crippen MR) is 123 cm³/mol. The fourth-order valence-electron chi connectivity index (χ4n) is 4.44. The number of piperidine rings is 1. The number of anilines is 2. The second kappa shape index (κ2) is 9.63. The number of nitrogens with one attached hydrogen (secondary N) is 2. The third kappa shape index (κ3) is 5.02. The van der Waals surface area contributed by atoms with E-state index in [0.717, 1.165) is 0 Å². The van der Waals surface area contributed by atoms with Crippen molar-refractivity contribution in [1.29, 1.82) is 0 Å². The summed E-state index contributed by atoms with van der Waals surface area (Å²) in [7, 11) is 0. The molecule has 180 valence electrons. The number of aliphatic carboxylic acids is 1. The van der Waals surface area contributed by atoms with Crippen molar-refractivity contribution in [2.75, 3.05) is 11.9 Å². The van der Waals surface area contributed by atoms with Crippen molar-refractivity contribution in [3.05, 3.63) is 64.1 Å². The molecule has 1 aliphatic heterocycles. The largest absolute Gasteiger partial charge is 0.481 e. The number of carboxylic acid groups (broad SMARTS) is 1. The molecule has 3 N–H and O–H groups in total. The van der Waals surface area contributed by atoms with Gasteiger partial charge in [-0.15, -0.1) is 5.10 Å². The van der Waals surface area contributed by atoms with Gasteiger partial charge in [-0.25, -0.2) is 13.8 Å². The molecule has 1 aromatic carbocycles. The summed E-state index contributed by atoms with van der Waals surface area (Å²) in [4.78, 5) is 22.9. The first-order valence-corrected chi connectivity index (χ1v) is 11.3. The highest BCUT2D eigenvalue weighted by molar-refractivity contribution is 6.30. The monoisotopic (exact) mass is 490 g/mol. The lowest BCUT2D eigenvalue weighted by atomic mass is 9.72. The van der Waals surface area contributed by atoms with Gasteiger partial charge in [0.2, 0.25) is 5.95 Å². The van der Waals surface area contributed by atoms with Crippen molar-refractivity contribution in [1.82, 2.24) is 25.1 Å². The Morgan fingerprint density at radius 1 is 1.32 bits per heavy atom. The molecule has 3 heterocycles. The number of aromatic amines is 1. The minimum atomic E-state index is -1.20. The molecule has 0 bridgehead atoms. The van der Waals surface area contributed by atoms with Crippen LogP contribution in [-0.4, -0.2) is 48.7 Å². The molecule has 0 aliphatic carbocycles. The molecule has 8 nitrogen and oxygen atoms in total. The van der Waals surface area contributed by atoms with Gasteiger partial charge in [-0.05, 0) is 51.4 Å². The number of nitrogens with zero attached hydrogens (tertiary/aromatic N) is 4. The summed E-state index contributed by atoms with van der Waals surface area (Å²) < 4.78 is 29.0. The Kier molecular flexibility index (Phi) is 6.81. The number of benzene rings is 1. The second-order valence-electron chi connectivity index (χ2n) is 8.74. The molecule has 0 saturated carbocycles. The molecule has 11 heteroatoms. The predicted octanol–water partition coefficient (Wildman–Crippen LogP) is 4.48. The van der Waals surface area contributed by atoms with Gasteiger partial charge in [-0.2, -0.15) is 4.98 Å². The Morgan fingerprint density at radius 2 is 2.12 bits per heavy atom. The summed E-state index contributed by atoms with van der Waals surface area (Å²) in [6.45, 7) is 4.36. The molecular weight excluding hydrogens is 466 g/mol. The minimum Gasteiger partial charge on any atom is -0.481 e. The van der Waals surface area contributed by atoms with E-state index in [0.29, 0.717) is 30.3 Å². The third-order valence-corrected chi connectivity index (χ3v) is 6.60. The number of hydrogen-bond donors (Lipinski definition) is 3. The fraction of sp³-hybridized carbons (Fsp3) is 0.391. The van der Waals surface area contributed by atoms with Gasteiger partial charge in [-0.1, -0.05) is 23.7 Å². The van der Waals surface area contributed by atoms with Crippen LogP contribution in [0, 0.1) is 24.0 Å². The SMILES string of the molecule is Cc1nc(Nc2ccc(F)c(C[C@@]3(C(=O)O)CCN(Cc4cccc(Cl)c4F)[C@H](C)C3)n2)n[nH]1. The smallest absolute Gasteiger partial charge is 0.310 e. The van der Waals surface area contributed by atoms with Crippen molar-refractivity contribution in [2.45, 2.75) is 45.7 Å². The zero-order valence-electron chi connectivity index (χ0n) is 18.8. The Labute approximate surface area is 200 Å². The Bertz CT molecular complexity index is 1210. The van der Waals surface area contributed by atoms with E-state index < -0.39 is 23.0 Å². The average molecular weight is 491 g/mol. The number of pyridine rings is 1. The van der Waals surface area contributed by atoms with E-state index in [4.69, 9.17) is 11.6 Å². The molecule has 1 aliphatic rings. The number of rotatable bonds is 7. The maximum atomic E-state index is 14.7. The molecule has 0 amide bonds. The van der Waals surface area contributed by atoms with E-state index in [1.165, 1.54) is 18.2 Å². The lowest BCUT2D eigenvalue weighted by molar-refractivity contribution is -0.153. The number of halogens is 3. The second-order valence-corrected chi connectivity index (χ2v) is 9.15. The number of aromatic nitrogens is 4. The van der Waals surface area contributed by atoms with Crippen LogP contribution in [0.5, 0.6) is 0 Å². The molecule has 2 aromatic heterocycles. The summed E-state index contributed by atoms with van der Waals surface area (Å²) in [5.74, 6) is -0.842. The van der Waals surface area contributed by atoms with Crippen LogP contribution < -0.4 is 5.32 Å². The highest BCUT2D eigenvalue weighted by Crippen LogP contribution is 2.39. The zero-order chi connectivity index (χ0) is 24.5. The standard InChI is InChI=1S/C23H25ClF2N6O2/c1-13-10-23(21(33)34,8-9-32(13)12-15-4-3-5-16(24)20(15)26)11-18-17(25)6-7-19(28-18)29-22-27-14(2)30-31-22/h3-7,13H,8-12H2,1-2H3,(H,33,34)(H2,27,28,29,30,31)/t13-,23-/m1/s1. The molecular formula is C23H25ClF2N6O2. The van der Waals surface area contributed by atoms with E-state index in [1.807, 2.05) is 11.8 Å². The first kappa shape index (κ1) is 24.0. The molecule has 3 aromatic rings. The Hall–Kier alpha value is -3.11. The molecule has 4 rings (SSSR count). The van der Waals surface area contributed by atoms with Gasteiger partial charge < -0.3 is 10.4 Å². The van der Waals surface area contributed by atoms with E-state index in [2.05, 4.69) is 25.5 Å². The molecule has 0 radical (unpaired) electrons. The van der Waals surface area contributed by atoms with Gasteiger partial charge in [0.05, 0.1) is 16.1 Å². The average Bonchev–Trinajstić information content (AvgIpc) is 3.20. The van der Waals surface area contributed by atoms with Crippen LogP contribution in [-0.2, 0) is 17.8 Å². The van der Waals surface area contributed by atoms with Crippen molar-refractivity contribution in [3.63, 3.8) is 0 Å². The van der Waals surface area contributed by atoms with Crippen molar-refractivity contribution in [2.24, 2.45) is 5.41 Å². The van der Waals surface area contributed by atoms with Gasteiger partial charge in [0.25, 0.3) is 0 Å². The number of likely N-dealkylation sites (tertiary alicyclic amines) is 1. The molecule has 1 saturated heterocycles. The fourth-order valence-corrected chi connectivity index (χ4v) is 4.64. The highest BCUT2D eigenvalue weighted by Gasteiger charge is 2.45. The van der Waals surface area contributed by atoms with Crippen LogP contribution in [0.15, 0.2) is 30.3 Å². The number of aryl methyl sites for hydroxylation is 1. The van der Waals surface area contributed by atoms with Crippen molar-refractivity contribution >= 4 is 29.3 Å². The summed E-state index contributed by atoms with van der Waals surface area (Å²) >= 11 is 5.90. The maximum Gasteiger partial charge on any atom is 0.310 e. The highest BCUT2D eigenvalue weighted by atomic mass is 35.5. The van der Waals surface area contributed by atoms with Crippen LogP contribution in [0.1, 0.15) is 36.8 Å². The summed E-state index contributed by atoms with van der Waals surface area (Å²) in [5.41, 5.74) is -0.687. The zero-order valence-corrected chi connectivity index (χ0v) is 19.5. The van der Waals surface area contributed by atoms with Gasteiger partial charge in [0.15, 0.2) is 0 Å². The first-order chi connectivity index (χ1) is 16.2. The van der Waals surface area contributed by atoms with Crippen LogP contribution in [0.4, 0.5) is 20.5 Å². The minimum absolute atomic E-state index is 0.0530. The lowest BCUT2D eigenvalue weighted by Gasteiger charge is -2.43. The number of carboxylic acids is 1. The molecule has 2 atom stereocenters. The normalized spacial score (nSPS) is 20.9. The molecule has 0 spiro atoms. The Morgan fingerprint density at radius 3 is 2.79 bits per heavy atom. The first-order valence-electron chi connectivity index (χ1n) is 10.9. The van der Waals surface area contributed by atoms with Gasteiger partial charge >= 0.3 is 5.97 Å². The lowest BCUT2D eigenvalue weighted by Crippen LogP contribution is -2.50. The number of carbonyl (C=O) groups is 1. The van der Waals surface area contributed by atoms with Gasteiger partial charge in [-0.3, -0.25) is 14.8 Å². The quantitative estimate of drug-likeness (QED) is 0.448. The number of hydrogen-bond acceptors (Lipinski definition) is 6. The molecule has 1 fully saturated rings. The van der Waals surface area contributed by atoms with Gasteiger partial charge in [0.1, 0.15) is 23.3 Å². The summed E-state index contributed by atoms with van der Waals surface area (Å²) in [5, 5.41) is 19.7. The molecule has 0 unspecified atom stereocenters. The summed E-state index contributed by atoms with van der Waals surface area (Å²) in [6, 6.07) is 7.36. The van der Waals surface area contributed by atoms with Crippen molar-refractivity contribution in [3.8, 4) is 0 Å². The van der Waals surface area contributed by atoms with Gasteiger partial charge in [0, 0.05) is 24.6 Å².